The summed E-state index contributed by atoms with van der Waals surface area (Å²) in [5, 5.41) is 11.0. The quantitative estimate of drug-likeness (QED) is 0.849. The van der Waals surface area contributed by atoms with Crippen LogP contribution in [0.4, 0.5) is 0 Å². The Hall–Kier alpha value is -1.93. The van der Waals surface area contributed by atoms with Gasteiger partial charge in [-0.05, 0) is 24.3 Å². The van der Waals surface area contributed by atoms with Gasteiger partial charge < -0.3 is 5.11 Å². The smallest absolute Gasteiger partial charge is 0.199 e. The summed E-state index contributed by atoms with van der Waals surface area (Å²) in [7, 11) is 0. The topological polar surface area (TPSA) is 37.3 Å². The molecule has 2 nitrogen and oxygen atoms in total. The summed E-state index contributed by atoms with van der Waals surface area (Å²) in [5.41, 5.74) is -0.102. The maximum Gasteiger partial charge on any atom is 0.199 e. The summed E-state index contributed by atoms with van der Waals surface area (Å²) in [6.45, 7) is 0. The molecule has 0 aliphatic heterocycles. The Morgan fingerprint density at radius 1 is 0.947 bits per heavy atom. The molecule has 1 aliphatic carbocycles. The van der Waals surface area contributed by atoms with E-state index in [1.54, 1.807) is 12.1 Å². The minimum Gasteiger partial charge on any atom is -0.377 e. The van der Waals surface area contributed by atoms with Gasteiger partial charge in [-0.15, -0.1) is 0 Å². The molecule has 0 aromatic heterocycles. The molecule has 19 heavy (non-hydrogen) atoms. The highest BCUT2D eigenvalue weighted by Crippen LogP contribution is 2.47. The summed E-state index contributed by atoms with van der Waals surface area (Å²) < 4.78 is 0. The Labute approximate surface area is 112 Å². The molecule has 0 spiro atoms. The number of rotatable bonds is 4. The number of aliphatic hydroxyl groups is 1. The standard InChI is InChI=1S/C17H16O2/c18-16(13-7-3-1-4-8-13)17(19,15-11-12-15)14-9-5-2-6-10-14/h1-10,15,19H,11-12H2. The molecule has 1 N–H and O–H groups in total. The van der Waals surface area contributed by atoms with E-state index in [0.29, 0.717) is 11.1 Å². The van der Waals surface area contributed by atoms with Crippen molar-refractivity contribution in [1.82, 2.24) is 0 Å². The molecule has 0 bridgehead atoms. The average molecular weight is 252 g/mol. The van der Waals surface area contributed by atoms with Gasteiger partial charge in [-0.3, -0.25) is 4.79 Å². The minimum atomic E-state index is -1.37. The summed E-state index contributed by atoms with van der Waals surface area (Å²) >= 11 is 0. The summed E-state index contributed by atoms with van der Waals surface area (Å²) in [5.74, 6) is -0.149. The molecule has 2 aromatic rings. The van der Waals surface area contributed by atoms with Gasteiger partial charge in [0.1, 0.15) is 0 Å². The van der Waals surface area contributed by atoms with Crippen molar-refractivity contribution in [3.05, 3.63) is 71.8 Å². The summed E-state index contributed by atoms with van der Waals surface area (Å²) in [6, 6.07) is 18.3. The van der Waals surface area contributed by atoms with E-state index in [2.05, 4.69) is 0 Å². The van der Waals surface area contributed by atoms with Crippen molar-refractivity contribution in [3.63, 3.8) is 0 Å². The van der Waals surface area contributed by atoms with Gasteiger partial charge in [0.2, 0.25) is 0 Å². The lowest BCUT2D eigenvalue weighted by Gasteiger charge is -2.27. The van der Waals surface area contributed by atoms with E-state index in [1.165, 1.54) is 0 Å². The molecular weight excluding hydrogens is 236 g/mol. The van der Waals surface area contributed by atoms with Gasteiger partial charge >= 0.3 is 0 Å². The first-order valence-electron chi connectivity index (χ1n) is 6.60. The van der Waals surface area contributed by atoms with Crippen LogP contribution in [0.25, 0.3) is 0 Å². The predicted octanol–water partition coefficient (Wildman–Crippen LogP) is 3.17. The molecule has 2 heteroatoms. The third-order valence-electron chi connectivity index (χ3n) is 3.76. The van der Waals surface area contributed by atoms with Crippen LogP contribution in [-0.4, -0.2) is 10.9 Å². The largest absolute Gasteiger partial charge is 0.377 e. The third-order valence-corrected chi connectivity index (χ3v) is 3.76. The van der Waals surface area contributed by atoms with E-state index >= 15 is 0 Å². The molecule has 0 amide bonds. The van der Waals surface area contributed by atoms with Crippen molar-refractivity contribution in [2.24, 2.45) is 5.92 Å². The van der Waals surface area contributed by atoms with Crippen LogP contribution in [-0.2, 0) is 5.60 Å². The summed E-state index contributed by atoms with van der Waals surface area (Å²) in [4.78, 5) is 12.7. The van der Waals surface area contributed by atoms with Crippen LogP contribution in [0.2, 0.25) is 0 Å². The zero-order valence-corrected chi connectivity index (χ0v) is 10.6. The molecule has 2 aromatic carbocycles. The molecule has 1 aliphatic rings. The van der Waals surface area contributed by atoms with E-state index in [0.717, 1.165) is 12.8 Å². The Balaban J connectivity index is 2.05. The number of hydrogen-bond acceptors (Lipinski definition) is 2. The fourth-order valence-corrected chi connectivity index (χ4v) is 2.56. The van der Waals surface area contributed by atoms with Crippen LogP contribution >= 0.6 is 0 Å². The van der Waals surface area contributed by atoms with Gasteiger partial charge in [0.15, 0.2) is 11.4 Å². The van der Waals surface area contributed by atoms with Crippen LogP contribution in [0.1, 0.15) is 28.8 Å². The lowest BCUT2D eigenvalue weighted by Crippen LogP contribution is -2.38. The lowest BCUT2D eigenvalue weighted by molar-refractivity contribution is 0.0172. The number of benzene rings is 2. The van der Waals surface area contributed by atoms with E-state index in [1.807, 2.05) is 48.5 Å². The van der Waals surface area contributed by atoms with Gasteiger partial charge in [-0.25, -0.2) is 0 Å². The molecule has 96 valence electrons. The zero-order valence-electron chi connectivity index (χ0n) is 10.6. The molecule has 1 fully saturated rings. The van der Waals surface area contributed by atoms with Crippen molar-refractivity contribution in [2.75, 3.05) is 0 Å². The van der Waals surface area contributed by atoms with E-state index in [-0.39, 0.29) is 11.7 Å². The summed E-state index contributed by atoms with van der Waals surface area (Å²) in [6.07, 6.45) is 1.81. The highest BCUT2D eigenvalue weighted by molar-refractivity contribution is 6.03. The monoisotopic (exact) mass is 252 g/mol. The second kappa shape index (κ2) is 4.63. The van der Waals surface area contributed by atoms with Crippen molar-refractivity contribution in [2.45, 2.75) is 18.4 Å². The molecule has 0 saturated heterocycles. The maximum atomic E-state index is 12.7. The fraction of sp³-hybridized carbons (Fsp3) is 0.235. The fourth-order valence-electron chi connectivity index (χ4n) is 2.56. The Morgan fingerprint density at radius 3 is 2.00 bits per heavy atom. The average Bonchev–Trinajstić information content (AvgIpc) is 3.32. The van der Waals surface area contributed by atoms with Gasteiger partial charge in [-0.1, -0.05) is 60.7 Å². The molecule has 1 unspecified atom stereocenters. The first kappa shape index (κ1) is 12.1. The zero-order chi connectivity index (χ0) is 13.3. The van der Waals surface area contributed by atoms with Crippen LogP contribution in [0.5, 0.6) is 0 Å². The van der Waals surface area contributed by atoms with Gasteiger partial charge in [-0.2, -0.15) is 0 Å². The Bertz CT molecular complexity index is 573. The minimum absolute atomic E-state index is 0.0441. The van der Waals surface area contributed by atoms with Crippen molar-refractivity contribution in [3.8, 4) is 0 Å². The van der Waals surface area contributed by atoms with Crippen LogP contribution < -0.4 is 0 Å². The highest BCUT2D eigenvalue weighted by Gasteiger charge is 2.50. The maximum absolute atomic E-state index is 12.7. The first-order valence-corrected chi connectivity index (χ1v) is 6.60. The van der Waals surface area contributed by atoms with Gasteiger partial charge in [0.25, 0.3) is 0 Å². The van der Waals surface area contributed by atoms with E-state index < -0.39 is 5.60 Å². The molecule has 0 radical (unpaired) electrons. The van der Waals surface area contributed by atoms with Crippen LogP contribution in [0.15, 0.2) is 60.7 Å². The molecule has 0 heterocycles. The normalized spacial score (nSPS) is 17.7. The number of carbonyl (C=O) groups excluding carboxylic acids is 1. The first-order chi connectivity index (χ1) is 9.23. The predicted molar refractivity (Wildman–Crippen MR) is 73.8 cm³/mol. The van der Waals surface area contributed by atoms with Crippen molar-refractivity contribution < 1.29 is 9.90 Å². The van der Waals surface area contributed by atoms with E-state index in [4.69, 9.17) is 0 Å². The Kier molecular flexibility index (Phi) is 2.96. The SMILES string of the molecule is O=C(c1ccccc1)C(O)(c1ccccc1)C1CC1. The number of ketones is 1. The van der Waals surface area contributed by atoms with Crippen LogP contribution in [0.3, 0.4) is 0 Å². The molecule has 1 atom stereocenters. The van der Waals surface area contributed by atoms with Crippen molar-refractivity contribution in [1.29, 1.82) is 0 Å². The van der Waals surface area contributed by atoms with Crippen LogP contribution in [0, 0.1) is 5.92 Å². The second-order valence-corrected chi connectivity index (χ2v) is 5.10. The highest BCUT2D eigenvalue weighted by atomic mass is 16.3. The second-order valence-electron chi connectivity index (χ2n) is 5.10. The number of hydrogen-bond donors (Lipinski definition) is 1. The molecule has 3 rings (SSSR count). The third kappa shape index (κ3) is 2.08. The lowest BCUT2D eigenvalue weighted by atomic mass is 9.82. The molecular formula is C17H16O2. The van der Waals surface area contributed by atoms with Crippen molar-refractivity contribution >= 4 is 5.78 Å². The Morgan fingerprint density at radius 2 is 1.47 bits per heavy atom. The number of Topliss-reactive ketones (excluding diaryl/α,β-unsaturated/α-hetero) is 1. The number of carbonyl (C=O) groups is 1. The van der Waals surface area contributed by atoms with E-state index in [9.17, 15) is 9.90 Å². The van der Waals surface area contributed by atoms with Gasteiger partial charge in [0.05, 0.1) is 0 Å². The van der Waals surface area contributed by atoms with Gasteiger partial charge in [0, 0.05) is 5.56 Å². The molecule has 1 saturated carbocycles.